The van der Waals surface area contributed by atoms with Crippen molar-refractivity contribution in [2.24, 2.45) is 29.1 Å². The molecule has 2 bridgehead atoms. The summed E-state index contributed by atoms with van der Waals surface area (Å²) < 4.78 is 0. The number of ketones is 1. The fourth-order valence-corrected chi connectivity index (χ4v) is 5.61. The molecule has 3 fully saturated rings. The number of nitrogens with one attached hydrogen (secondary N) is 1. The van der Waals surface area contributed by atoms with Crippen LogP contribution in [0.5, 0.6) is 0 Å². The van der Waals surface area contributed by atoms with Gasteiger partial charge in [0.15, 0.2) is 5.78 Å². The summed E-state index contributed by atoms with van der Waals surface area (Å²) in [6, 6.07) is 0. The van der Waals surface area contributed by atoms with Crippen LogP contribution in [0.25, 0.3) is 0 Å². The van der Waals surface area contributed by atoms with Gasteiger partial charge in [0, 0.05) is 12.0 Å². The van der Waals surface area contributed by atoms with E-state index in [-0.39, 0.29) is 11.3 Å². The number of allylic oxidation sites excluding steroid dienone is 1. The molecule has 3 nitrogen and oxygen atoms in total. The Balaban J connectivity index is 1.68. The average Bonchev–Trinajstić information content (AvgIpc) is 2.74. The Kier molecular flexibility index (Phi) is 4.36. The van der Waals surface area contributed by atoms with Gasteiger partial charge >= 0.3 is 0 Å². The van der Waals surface area contributed by atoms with Crippen LogP contribution in [-0.4, -0.2) is 18.2 Å². The average molecular weight is 313 g/mol. The highest BCUT2D eigenvalue weighted by Gasteiger charge is 2.59. The predicted octanol–water partition coefficient (Wildman–Crippen LogP) is 3.10. The summed E-state index contributed by atoms with van der Waals surface area (Å²) in [5, 5.41) is 2.75. The summed E-state index contributed by atoms with van der Waals surface area (Å²) in [6.07, 6.45) is 12.6. The van der Waals surface area contributed by atoms with Gasteiger partial charge in [-0.2, -0.15) is 0 Å². The summed E-state index contributed by atoms with van der Waals surface area (Å²) in [7, 11) is 0. The van der Waals surface area contributed by atoms with Crippen molar-refractivity contribution in [2.45, 2.75) is 51.9 Å². The lowest BCUT2D eigenvalue weighted by Crippen LogP contribution is -2.46. The molecular formula is C20H27NO2. The lowest BCUT2D eigenvalue weighted by molar-refractivity contribution is -0.133. The zero-order chi connectivity index (χ0) is 16.6. The number of carbonyl (C=O) groups is 2. The van der Waals surface area contributed by atoms with E-state index in [1.807, 2.05) is 0 Å². The number of rotatable bonds is 4. The van der Waals surface area contributed by atoms with Gasteiger partial charge in [-0.25, -0.2) is 0 Å². The third-order valence-electron chi connectivity index (χ3n) is 6.81. The summed E-state index contributed by atoms with van der Waals surface area (Å²) in [4.78, 5) is 24.0. The van der Waals surface area contributed by atoms with Crippen LogP contribution in [-0.2, 0) is 9.59 Å². The second-order valence-corrected chi connectivity index (χ2v) is 7.82. The Labute approximate surface area is 139 Å². The molecule has 1 N–H and O–H groups in total. The van der Waals surface area contributed by atoms with E-state index in [1.54, 1.807) is 0 Å². The van der Waals surface area contributed by atoms with Crippen LogP contribution in [0, 0.1) is 41.4 Å². The van der Waals surface area contributed by atoms with E-state index in [2.05, 4.69) is 24.7 Å². The van der Waals surface area contributed by atoms with Gasteiger partial charge in [0.1, 0.15) is 0 Å². The fourth-order valence-electron chi connectivity index (χ4n) is 5.61. The minimum atomic E-state index is -0.332. The van der Waals surface area contributed by atoms with Crippen LogP contribution >= 0.6 is 0 Å². The fraction of sp³-hybridized carbons (Fsp3) is 0.700. The van der Waals surface area contributed by atoms with Gasteiger partial charge in [-0.3, -0.25) is 9.59 Å². The van der Waals surface area contributed by atoms with Crippen molar-refractivity contribution in [3.8, 4) is 12.3 Å². The lowest BCUT2D eigenvalue weighted by Gasteiger charge is -2.50. The molecule has 0 heterocycles. The minimum absolute atomic E-state index is 0.0980. The standard InChI is InChI=1S/C20H27NO2/c1-4-18(22)21-11-5-6-16-13(2)9-10-20-12-15(7-8-17(16)20)14(3)19(20)23/h1,13,15-17H,3,5-12H2,2H3,(H,21,22)/t13?,15-,16?,17?,20?/m1/s1. The van der Waals surface area contributed by atoms with Gasteiger partial charge < -0.3 is 5.32 Å². The first-order valence-electron chi connectivity index (χ1n) is 8.97. The van der Waals surface area contributed by atoms with Gasteiger partial charge in [0.05, 0.1) is 0 Å². The van der Waals surface area contributed by atoms with E-state index in [9.17, 15) is 9.59 Å². The van der Waals surface area contributed by atoms with Gasteiger partial charge in [-0.15, -0.1) is 6.42 Å². The van der Waals surface area contributed by atoms with Gasteiger partial charge in [-0.1, -0.05) is 13.5 Å². The Morgan fingerprint density at radius 1 is 1.43 bits per heavy atom. The van der Waals surface area contributed by atoms with Crippen LogP contribution in [0.2, 0.25) is 0 Å². The number of terminal acetylenes is 1. The van der Waals surface area contributed by atoms with Crippen molar-refractivity contribution >= 4 is 11.7 Å². The summed E-state index contributed by atoms with van der Waals surface area (Å²) >= 11 is 0. The molecule has 3 heteroatoms. The number of Topliss-reactive ketones (excluding diaryl/α,β-unsaturated/α-hetero) is 1. The molecule has 4 unspecified atom stereocenters. The highest BCUT2D eigenvalue weighted by atomic mass is 16.1. The Bertz CT molecular complexity index is 573. The van der Waals surface area contributed by atoms with Crippen molar-refractivity contribution in [1.29, 1.82) is 0 Å². The van der Waals surface area contributed by atoms with Crippen LogP contribution < -0.4 is 5.32 Å². The van der Waals surface area contributed by atoms with Gasteiger partial charge in [0.2, 0.25) is 0 Å². The number of amides is 1. The van der Waals surface area contributed by atoms with Crippen molar-refractivity contribution < 1.29 is 9.59 Å². The van der Waals surface area contributed by atoms with Crippen molar-refractivity contribution in [1.82, 2.24) is 5.32 Å². The van der Waals surface area contributed by atoms with E-state index >= 15 is 0 Å². The normalized spacial score (nSPS) is 38.8. The maximum atomic E-state index is 12.9. The molecule has 1 spiro atoms. The number of hydrogen-bond acceptors (Lipinski definition) is 2. The lowest BCUT2D eigenvalue weighted by atomic mass is 9.53. The molecule has 0 aromatic heterocycles. The molecule has 3 rings (SSSR count). The quantitative estimate of drug-likeness (QED) is 0.492. The van der Waals surface area contributed by atoms with Crippen molar-refractivity contribution in [3.63, 3.8) is 0 Å². The molecule has 0 radical (unpaired) electrons. The van der Waals surface area contributed by atoms with Crippen LogP contribution in [0.15, 0.2) is 12.2 Å². The first kappa shape index (κ1) is 16.3. The second-order valence-electron chi connectivity index (χ2n) is 7.82. The maximum Gasteiger partial charge on any atom is 0.295 e. The highest BCUT2D eigenvalue weighted by molar-refractivity contribution is 6.03. The van der Waals surface area contributed by atoms with Gasteiger partial charge in [0.25, 0.3) is 5.91 Å². The Morgan fingerprint density at radius 2 is 2.22 bits per heavy atom. The third-order valence-corrected chi connectivity index (χ3v) is 6.81. The SMILES string of the molecule is C#CC(=O)NCCCC1C(C)CCC23C[C@@H](CCC12)C(=C)C3=O. The highest BCUT2D eigenvalue weighted by Crippen LogP contribution is 2.62. The summed E-state index contributed by atoms with van der Waals surface area (Å²) in [5.74, 6) is 4.33. The smallest absolute Gasteiger partial charge is 0.295 e. The molecule has 3 aliphatic rings. The molecule has 23 heavy (non-hydrogen) atoms. The van der Waals surface area contributed by atoms with E-state index in [4.69, 9.17) is 6.42 Å². The molecule has 0 saturated heterocycles. The molecule has 124 valence electrons. The van der Waals surface area contributed by atoms with E-state index < -0.39 is 0 Å². The van der Waals surface area contributed by atoms with E-state index in [0.29, 0.717) is 36.0 Å². The Morgan fingerprint density at radius 3 is 2.96 bits per heavy atom. The maximum absolute atomic E-state index is 12.9. The predicted molar refractivity (Wildman–Crippen MR) is 90.4 cm³/mol. The summed E-state index contributed by atoms with van der Waals surface area (Å²) in [6.45, 7) is 7.06. The number of hydrogen-bond donors (Lipinski definition) is 1. The molecule has 0 aromatic carbocycles. The molecule has 5 atom stereocenters. The Hall–Kier alpha value is -1.56. The zero-order valence-corrected chi connectivity index (χ0v) is 14.1. The number of fused-ring (bicyclic) bond motifs is 1. The first-order valence-corrected chi connectivity index (χ1v) is 8.97. The monoisotopic (exact) mass is 313 g/mol. The second kappa shape index (κ2) is 6.15. The number of carbonyl (C=O) groups excluding carboxylic acids is 2. The van der Waals surface area contributed by atoms with Crippen molar-refractivity contribution in [3.05, 3.63) is 12.2 Å². The minimum Gasteiger partial charge on any atom is -0.345 e. The molecule has 1 amide bonds. The molecular weight excluding hydrogens is 286 g/mol. The molecule has 0 aromatic rings. The van der Waals surface area contributed by atoms with E-state index in [0.717, 1.165) is 44.1 Å². The largest absolute Gasteiger partial charge is 0.345 e. The van der Waals surface area contributed by atoms with E-state index in [1.165, 1.54) is 6.42 Å². The zero-order valence-electron chi connectivity index (χ0n) is 14.1. The third kappa shape index (κ3) is 2.63. The van der Waals surface area contributed by atoms with Crippen LogP contribution in [0.1, 0.15) is 51.9 Å². The topological polar surface area (TPSA) is 46.2 Å². The molecule has 3 aliphatic carbocycles. The van der Waals surface area contributed by atoms with Gasteiger partial charge in [-0.05, 0) is 80.1 Å². The summed E-state index contributed by atoms with van der Waals surface area (Å²) in [5.41, 5.74) is 0.807. The molecule has 0 aliphatic heterocycles. The van der Waals surface area contributed by atoms with Crippen LogP contribution in [0.4, 0.5) is 0 Å². The van der Waals surface area contributed by atoms with Crippen molar-refractivity contribution in [2.75, 3.05) is 6.54 Å². The first-order chi connectivity index (χ1) is 11.0. The van der Waals surface area contributed by atoms with Crippen LogP contribution in [0.3, 0.4) is 0 Å². The molecule has 3 saturated carbocycles.